The molecule has 0 saturated carbocycles. The van der Waals surface area contributed by atoms with E-state index in [9.17, 15) is 22.0 Å². The van der Waals surface area contributed by atoms with Crippen LogP contribution >= 0.6 is 0 Å². The van der Waals surface area contributed by atoms with Gasteiger partial charge < -0.3 is 4.90 Å². The molecule has 10 heteroatoms. The predicted molar refractivity (Wildman–Crippen MR) is 126 cm³/mol. The van der Waals surface area contributed by atoms with Gasteiger partial charge in [-0.05, 0) is 47.9 Å². The fourth-order valence-electron chi connectivity index (χ4n) is 4.30. The van der Waals surface area contributed by atoms with Crippen molar-refractivity contribution in [1.29, 1.82) is 0 Å². The van der Waals surface area contributed by atoms with Gasteiger partial charge in [-0.2, -0.15) is 4.72 Å². The second-order valence-corrected chi connectivity index (χ2v) is 10.1. The van der Waals surface area contributed by atoms with Gasteiger partial charge in [0.25, 0.3) is 5.91 Å². The van der Waals surface area contributed by atoms with Gasteiger partial charge in [-0.3, -0.25) is 14.8 Å². The van der Waals surface area contributed by atoms with E-state index in [1.165, 1.54) is 6.21 Å². The summed E-state index contributed by atoms with van der Waals surface area (Å²) in [5, 5.41) is 0. The maximum absolute atomic E-state index is 14.4. The number of fused-ring (bicyclic) bond motifs is 1. The van der Waals surface area contributed by atoms with Crippen LogP contribution in [0.3, 0.4) is 0 Å². The summed E-state index contributed by atoms with van der Waals surface area (Å²) < 4.78 is 57.0. The molecule has 0 spiro atoms. The molecule has 35 heavy (non-hydrogen) atoms. The fourth-order valence-corrected chi connectivity index (χ4v) is 5.71. The third kappa shape index (κ3) is 4.15. The van der Waals surface area contributed by atoms with Gasteiger partial charge in [0.1, 0.15) is 16.5 Å². The maximum Gasteiger partial charge on any atom is 0.254 e. The highest BCUT2D eigenvalue weighted by molar-refractivity contribution is 7.89. The number of amides is 1. The Morgan fingerprint density at radius 2 is 1.94 bits per heavy atom. The lowest BCUT2D eigenvalue weighted by atomic mass is 9.85. The fraction of sp³-hybridized carbons (Fsp3) is 0.160. The molecule has 2 aliphatic rings. The first-order chi connectivity index (χ1) is 16.7. The highest BCUT2D eigenvalue weighted by atomic mass is 32.2. The number of aromatic nitrogens is 1. The van der Waals surface area contributed by atoms with E-state index in [1.807, 2.05) is 6.07 Å². The number of hydrogen-bond donors (Lipinski definition) is 1. The molecule has 5 rings (SSSR count). The van der Waals surface area contributed by atoms with Gasteiger partial charge in [0.2, 0.25) is 10.0 Å². The summed E-state index contributed by atoms with van der Waals surface area (Å²) >= 11 is 0. The Hall–Kier alpha value is -3.76. The van der Waals surface area contributed by atoms with E-state index in [0.29, 0.717) is 29.4 Å². The van der Waals surface area contributed by atoms with Gasteiger partial charge in [0.15, 0.2) is 0 Å². The van der Waals surface area contributed by atoms with Crippen molar-refractivity contribution in [3.8, 4) is 0 Å². The lowest BCUT2D eigenvalue weighted by molar-refractivity contribution is 0.0816. The summed E-state index contributed by atoms with van der Waals surface area (Å²) in [7, 11) is -2.75. The van der Waals surface area contributed by atoms with Crippen LogP contribution in [0.25, 0.3) is 5.70 Å². The van der Waals surface area contributed by atoms with Crippen molar-refractivity contribution in [2.75, 3.05) is 7.05 Å². The molecule has 0 radical (unpaired) electrons. The summed E-state index contributed by atoms with van der Waals surface area (Å²) in [5.74, 6) is -2.20. The minimum atomic E-state index is -4.43. The van der Waals surface area contributed by atoms with Gasteiger partial charge >= 0.3 is 0 Å². The summed E-state index contributed by atoms with van der Waals surface area (Å²) in [4.78, 5) is 21.8. The van der Waals surface area contributed by atoms with E-state index >= 15 is 0 Å². The van der Waals surface area contributed by atoms with Crippen molar-refractivity contribution in [2.45, 2.75) is 23.4 Å². The number of nitrogens with one attached hydrogen (secondary N) is 1. The topological polar surface area (TPSA) is 91.7 Å². The Labute approximate surface area is 200 Å². The van der Waals surface area contributed by atoms with Crippen LogP contribution < -0.4 is 4.72 Å². The Kier molecular flexibility index (Phi) is 5.57. The zero-order chi connectivity index (χ0) is 24.8. The molecule has 1 unspecified atom stereocenters. The molecule has 0 bridgehead atoms. The van der Waals surface area contributed by atoms with Crippen molar-refractivity contribution in [3.63, 3.8) is 0 Å². The van der Waals surface area contributed by atoms with Crippen LogP contribution in [0.2, 0.25) is 0 Å². The van der Waals surface area contributed by atoms with Crippen molar-refractivity contribution >= 4 is 27.8 Å². The lowest BCUT2D eigenvalue weighted by Crippen LogP contribution is -2.48. The molecular formula is C25H20F2N4O3S. The molecule has 7 nitrogen and oxygen atoms in total. The van der Waals surface area contributed by atoms with Crippen molar-refractivity contribution in [2.24, 2.45) is 4.99 Å². The summed E-state index contributed by atoms with van der Waals surface area (Å²) in [6.45, 7) is 0.380. The van der Waals surface area contributed by atoms with Crippen LogP contribution in [0.15, 0.2) is 76.9 Å². The standard InChI is InChI=1S/C25H20F2N4O3S/c1-31-14-17-11-18(4-6-20(17)24(31)32)25(9-8-22(29-15-25)16-3-2-10-28-13-16)30-35(33,34)23-7-5-19(26)12-21(23)27/h2-8,10-13,15,30H,9,14H2,1H3. The van der Waals surface area contributed by atoms with Gasteiger partial charge in [-0.25, -0.2) is 17.2 Å². The second-order valence-electron chi connectivity index (χ2n) is 8.48. The normalized spacial score (nSPS) is 19.6. The average molecular weight is 495 g/mol. The van der Waals surface area contributed by atoms with Crippen LogP contribution in [0.1, 0.15) is 33.5 Å². The molecule has 0 fully saturated rings. The average Bonchev–Trinajstić information content (AvgIpc) is 3.12. The Bertz CT molecular complexity index is 1510. The first kappa shape index (κ1) is 23.0. The Morgan fingerprint density at radius 1 is 1.11 bits per heavy atom. The zero-order valence-corrected chi connectivity index (χ0v) is 19.4. The number of carbonyl (C=O) groups is 1. The number of halogens is 2. The molecule has 3 heterocycles. The van der Waals surface area contributed by atoms with Gasteiger partial charge in [-0.15, -0.1) is 0 Å². The van der Waals surface area contributed by atoms with Crippen LogP contribution in [-0.4, -0.2) is 37.5 Å². The van der Waals surface area contributed by atoms with Gasteiger partial charge in [-0.1, -0.05) is 18.2 Å². The minimum absolute atomic E-state index is 0.120. The van der Waals surface area contributed by atoms with E-state index in [4.69, 9.17) is 0 Å². The largest absolute Gasteiger partial charge is 0.337 e. The highest BCUT2D eigenvalue weighted by Crippen LogP contribution is 2.35. The number of aliphatic imine (C=N–C) groups is 1. The van der Waals surface area contributed by atoms with E-state index < -0.39 is 32.1 Å². The van der Waals surface area contributed by atoms with Crippen molar-refractivity contribution in [3.05, 3.63) is 101 Å². The number of hydrogen-bond acceptors (Lipinski definition) is 5. The van der Waals surface area contributed by atoms with Crippen LogP contribution in [-0.2, 0) is 22.1 Å². The number of nitrogens with zero attached hydrogens (tertiary/aromatic N) is 3. The molecule has 2 aliphatic heterocycles. The van der Waals surface area contributed by atoms with Crippen LogP contribution in [0.4, 0.5) is 8.78 Å². The Balaban J connectivity index is 1.58. The quantitative estimate of drug-likeness (QED) is 0.586. The van der Waals surface area contributed by atoms with E-state index in [0.717, 1.165) is 23.3 Å². The summed E-state index contributed by atoms with van der Waals surface area (Å²) in [6, 6.07) is 11.0. The molecule has 1 atom stereocenters. The summed E-state index contributed by atoms with van der Waals surface area (Å²) in [6.07, 6.45) is 6.67. The number of pyridine rings is 1. The molecule has 1 N–H and O–H groups in total. The molecule has 178 valence electrons. The number of sulfonamides is 1. The molecule has 1 amide bonds. The first-order valence-electron chi connectivity index (χ1n) is 10.7. The van der Waals surface area contributed by atoms with Gasteiger partial charge in [0, 0.05) is 49.4 Å². The smallest absolute Gasteiger partial charge is 0.254 e. The monoisotopic (exact) mass is 494 g/mol. The van der Waals surface area contributed by atoms with Crippen LogP contribution in [0.5, 0.6) is 0 Å². The third-order valence-electron chi connectivity index (χ3n) is 6.10. The SMILES string of the molecule is CN1Cc2cc(C3(NS(=O)(=O)c4ccc(F)cc4F)C=NC(c4cccnc4)=CC3)ccc2C1=O. The molecular weight excluding hydrogens is 474 g/mol. The zero-order valence-electron chi connectivity index (χ0n) is 18.6. The maximum atomic E-state index is 14.4. The van der Waals surface area contributed by atoms with E-state index in [2.05, 4.69) is 14.7 Å². The van der Waals surface area contributed by atoms with Crippen LogP contribution in [0, 0.1) is 11.6 Å². The first-order valence-corrected chi connectivity index (χ1v) is 12.2. The predicted octanol–water partition coefficient (Wildman–Crippen LogP) is 3.63. The molecule has 0 saturated heterocycles. The molecule has 1 aromatic heterocycles. The Morgan fingerprint density at radius 3 is 2.63 bits per heavy atom. The third-order valence-corrected chi connectivity index (χ3v) is 7.65. The lowest BCUT2D eigenvalue weighted by Gasteiger charge is -2.33. The number of carbonyl (C=O) groups excluding carboxylic acids is 1. The summed E-state index contributed by atoms with van der Waals surface area (Å²) in [5.41, 5.74) is 1.82. The molecule has 3 aromatic rings. The van der Waals surface area contributed by atoms with Gasteiger partial charge in [0.05, 0.1) is 11.2 Å². The van der Waals surface area contributed by atoms with Crippen molar-refractivity contribution in [1.82, 2.24) is 14.6 Å². The molecule has 0 aliphatic carbocycles. The minimum Gasteiger partial charge on any atom is -0.337 e. The molecule has 2 aromatic carbocycles. The van der Waals surface area contributed by atoms with E-state index in [-0.39, 0.29) is 12.3 Å². The number of benzene rings is 2. The van der Waals surface area contributed by atoms with Crippen molar-refractivity contribution < 1.29 is 22.0 Å². The highest BCUT2D eigenvalue weighted by Gasteiger charge is 2.39. The number of rotatable bonds is 5. The van der Waals surface area contributed by atoms with E-state index in [1.54, 1.807) is 54.7 Å². The second kappa shape index (κ2) is 8.47.